The number of hydrogen-bond donors (Lipinski definition) is 1. The van der Waals surface area contributed by atoms with Crippen molar-refractivity contribution >= 4 is 22.9 Å². The molecule has 1 aromatic carbocycles. The molecule has 3 nitrogen and oxygen atoms in total. The lowest BCUT2D eigenvalue weighted by Gasteiger charge is -2.15. The lowest BCUT2D eigenvalue weighted by molar-refractivity contribution is -0.117. The van der Waals surface area contributed by atoms with Gasteiger partial charge in [0.15, 0.2) is 0 Å². The molecule has 0 aliphatic carbocycles. The van der Waals surface area contributed by atoms with Gasteiger partial charge >= 0.3 is 0 Å². The van der Waals surface area contributed by atoms with E-state index in [1.54, 1.807) is 11.3 Å². The summed E-state index contributed by atoms with van der Waals surface area (Å²) in [4.78, 5) is 15.4. The van der Waals surface area contributed by atoms with Crippen LogP contribution in [0.4, 0.5) is 5.69 Å². The number of nitrogens with one attached hydrogen (secondary N) is 1. The second kappa shape index (κ2) is 8.71. The maximum atomic E-state index is 12.1. The molecule has 0 fully saturated rings. The second-order valence-electron chi connectivity index (χ2n) is 5.60. The number of thiophene rings is 1. The predicted octanol–water partition coefficient (Wildman–Crippen LogP) is 4.16. The van der Waals surface area contributed by atoms with E-state index >= 15 is 0 Å². The normalized spacial score (nSPS) is 10.9. The molecule has 0 saturated heterocycles. The van der Waals surface area contributed by atoms with Crippen LogP contribution in [-0.2, 0) is 17.8 Å². The first-order valence-electron chi connectivity index (χ1n) is 7.77. The molecule has 0 unspecified atom stereocenters. The van der Waals surface area contributed by atoms with Crippen molar-refractivity contribution in [3.05, 3.63) is 52.2 Å². The number of unbranched alkanes of at least 4 members (excludes halogenated alkanes) is 1. The van der Waals surface area contributed by atoms with Gasteiger partial charge < -0.3 is 5.32 Å². The smallest absolute Gasteiger partial charge is 0.238 e. The molecule has 0 atom stereocenters. The van der Waals surface area contributed by atoms with Crippen LogP contribution < -0.4 is 5.32 Å². The summed E-state index contributed by atoms with van der Waals surface area (Å²) in [6, 6.07) is 12.3. The minimum Gasteiger partial charge on any atom is -0.325 e. The fourth-order valence-corrected chi connectivity index (χ4v) is 3.09. The topological polar surface area (TPSA) is 32.3 Å². The highest BCUT2D eigenvalue weighted by Gasteiger charge is 2.08. The van der Waals surface area contributed by atoms with Crippen LogP contribution in [0.15, 0.2) is 41.8 Å². The molecule has 22 heavy (non-hydrogen) atoms. The number of rotatable bonds is 8. The quantitative estimate of drug-likeness (QED) is 0.793. The first-order chi connectivity index (χ1) is 10.7. The molecule has 118 valence electrons. The van der Waals surface area contributed by atoms with Crippen molar-refractivity contribution in [1.29, 1.82) is 0 Å². The summed E-state index contributed by atoms with van der Waals surface area (Å²) >= 11 is 1.72. The minimum atomic E-state index is 0.0281. The first kappa shape index (κ1) is 16.7. The molecule has 2 aromatic rings. The molecule has 4 heteroatoms. The molecule has 1 heterocycles. The fourth-order valence-electron chi connectivity index (χ4n) is 2.31. The van der Waals surface area contributed by atoms with Crippen molar-refractivity contribution in [1.82, 2.24) is 4.90 Å². The van der Waals surface area contributed by atoms with Crippen molar-refractivity contribution < 1.29 is 4.79 Å². The number of amides is 1. The molecule has 0 spiro atoms. The van der Waals surface area contributed by atoms with E-state index in [1.165, 1.54) is 23.3 Å². The second-order valence-corrected chi connectivity index (χ2v) is 6.63. The molecule has 0 aliphatic rings. The van der Waals surface area contributed by atoms with Crippen molar-refractivity contribution in [3.8, 4) is 0 Å². The number of aryl methyl sites for hydroxylation is 1. The van der Waals surface area contributed by atoms with Crippen molar-refractivity contribution in [2.45, 2.75) is 32.7 Å². The number of nitrogens with zero attached hydrogens (tertiary/aromatic N) is 1. The molecule has 1 aromatic heterocycles. The monoisotopic (exact) mass is 316 g/mol. The molecule has 1 amide bonds. The first-order valence-corrected chi connectivity index (χ1v) is 8.65. The van der Waals surface area contributed by atoms with E-state index < -0.39 is 0 Å². The Morgan fingerprint density at radius 1 is 1.23 bits per heavy atom. The maximum absolute atomic E-state index is 12.1. The zero-order valence-electron chi connectivity index (χ0n) is 13.3. The average Bonchev–Trinajstić information content (AvgIpc) is 2.99. The highest BCUT2D eigenvalue weighted by Crippen LogP contribution is 2.13. The van der Waals surface area contributed by atoms with Gasteiger partial charge in [-0.3, -0.25) is 9.69 Å². The Labute approximate surface area is 137 Å². The largest absolute Gasteiger partial charge is 0.325 e. The van der Waals surface area contributed by atoms with E-state index in [1.807, 2.05) is 30.1 Å². The summed E-state index contributed by atoms with van der Waals surface area (Å²) in [5.74, 6) is 0.0281. The van der Waals surface area contributed by atoms with Crippen LogP contribution in [0.2, 0.25) is 0 Å². The third-order valence-corrected chi connectivity index (χ3v) is 4.34. The third-order valence-electron chi connectivity index (χ3n) is 3.48. The van der Waals surface area contributed by atoms with Gasteiger partial charge in [0.25, 0.3) is 0 Å². The highest BCUT2D eigenvalue weighted by molar-refractivity contribution is 7.09. The molecular formula is C18H24N2OS. The van der Waals surface area contributed by atoms with Gasteiger partial charge in [-0.05, 0) is 49.0 Å². The lowest BCUT2D eigenvalue weighted by Crippen LogP contribution is -2.29. The van der Waals surface area contributed by atoms with Gasteiger partial charge in [-0.15, -0.1) is 11.3 Å². The molecule has 2 rings (SSSR count). The van der Waals surface area contributed by atoms with Crippen molar-refractivity contribution in [3.63, 3.8) is 0 Å². The molecule has 1 N–H and O–H groups in total. The number of anilines is 1. The average molecular weight is 316 g/mol. The van der Waals surface area contributed by atoms with Gasteiger partial charge in [0.05, 0.1) is 6.54 Å². The summed E-state index contributed by atoms with van der Waals surface area (Å²) in [6.07, 6.45) is 3.52. The minimum absolute atomic E-state index is 0.0281. The Morgan fingerprint density at radius 2 is 2.00 bits per heavy atom. The number of carbonyl (C=O) groups excluding carboxylic acids is 1. The highest BCUT2D eigenvalue weighted by atomic mass is 32.1. The molecule has 0 radical (unpaired) electrons. The van der Waals surface area contributed by atoms with E-state index in [0.717, 1.165) is 18.7 Å². The Bertz CT molecular complexity index is 563. The summed E-state index contributed by atoms with van der Waals surface area (Å²) in [5, 5.41) is 5.02. The zero-order valence-corrected chi connectivity index (χ0v) is 14.2. The third kappa shape index (κ3) is 5.62. The molecule has 0 aliphatic heterocycles. The Hall–Kier alpha value is -1.65. The maximum Gasteiger partial charge on any atom is 0.238 e. The SMILES string of the molecule is CCCCc1ccc(NC(=O)CN(C)Cc2cccs2)cc1. The molecule has 0 bridgehead atoms. The van der Waals surface area contributed by atoms with E-state index in [9.17, 15) is 4.79 Å². The zero-order chi connectivity index (χ0) is 15.8. The summed E-state index contributed by atoms with van der Waals surface area (Å²) in [6.45, 7) is 3.40. The lowest BCUT2D eigenvalue weighted by atomic mass is 10.1. The fraction of sp³-hybridized carbons (Fsp3) is 0.389. The summed E-state index contributed by atoms with van der Waals surface area (Å²) in [7, 11) is 1.97. The van der Waals surface area contributed by atoms with E-state index in [0.29, 0.717) is 6.54 Å². The van der Waals surface area contributed by atoms with E-state index in [2.05, 4.69) is 35.8 Å². The van der Waals surface area contributed by atoms with Crippen LogP contribution in [0, 0.1) is 0 Å². The molecular weight excluding hydrogens is 292 g/mol. The van der Waals surface area contributed by atoms with Gasteiger partial charge in [-0.2, -0.15) is 0 Å². The Morgan fingerprint density at radius 3 is 2.64 bits per heavy atom. The van der Waals surface area contributed by atoms with Crippen molar-refractivity contribution in [2.24, 2.45) is 0 Å². The van der Waals surface area contributed by atoms with Gasteiger partial charge in [-0.25, -0.2) is 0 Å². The van der Waals surface area contributed by atoms with Crippen molar-refractivity contribution in [2.75, 3.05) is 18.9 Å². The van der Waals surface area contributed by atoms with Crippen LogP contribution >= 0.6 is 11.3 Å². The van der Waals surface area contributed by atoms with Gasteiger partial charge in [-0.1, -0.05) is 31.5 Å². The van der Waals surface area contributed by atoms with Gasteiger partial charge in [0, 0.05) is 17.1 Å². The number of hydrogen-bond acceptors (Lipinski definition) is 3. The summed E-state index contributed by atoms with van der Waals surface area (Å²) in [5.41, 5.74) is 2.20. The van der Waals surface area contributed by atoms with Crippen LogP contribution in [0.5, 0.6) is 0 Å². The standard InChI is InChI=1S/C18H24N2OS/c1-3-4-6-15-8-10-16(11-9-15)19-18(21)14-20(2)13-17-7-5-12-22-17/h5,7-12H,3-4,6,13-14H2,1-2H3,(H,19,21). The van der Waals surface area contributed by atoms with Crippen LogP contribution in [0.3, 0.4) is 0 Å². The summed E-state index contributed by atoms with van der Waals surface area (Å²) < 4.78 is 0. The number of likely N-dealkylation sites (N-methyl/N-ethyl adjacent to an activating group) is 1. The van der Waals surface area contributed by atoms with Crippen LogP contribution in [0.1, 0.15) is 30.2 Å². The van der Waals surface area contributed by atoms with E-state index in [-0.39, 0.29) is 5.91 Å². The Balaban J connectivity index is 1.78. The van der Waals surface area contributed by atoms with Gasteiger partial charge in [0.2, 0.25) is 5.91 Å². The Kier molecular flexibility index (Phi) is 6.62. The van der Waals surface area contributed by atoms with Crippen LogP contribution in [-0.4, -0.2) is 24.4 Å². The van der Waals surface area contributed by atoms with Gasteiger partial charge in [0.1, 0.15) is 0 Å². The van der Waals surface area contributed by atoms with E-state index in [4.69, 9.17) is 0 Å². The number of carbonyl (C=O) groups is 1. The predicted molar refractivity (Wildman–Crippen MR) is 94.3 cm³/mol. The molecule has 0 saturated carbocycles. The van der Waals surface area contributed by atoms with Crippen LogP contribution in [0.25, 0.3) is 0 Å². The number of benzene rings is 1.